The lowest BCUT2D eigenvalue weighted by Gasteiger charge is -2.42. The van der Waals surface area contributed by atoms with Gasteiger partial charge in [0.25, 0.3) is 0 Å². The first-order valence-corrected chi connectivity index (χ1v) is 17.0. The Hall–Kier alpha value is -3.75. The average molecular weight is 554 g/mol. The van der Waals surface area contributed by atoms with Gasteiger partial charge in [0, 0.05) is 20.9 Å². The lowest BCUT2D eigenvalue weighted by Crippen LogP contribution is -2.31. The molecule has 1 nitrogen and oxygen atoms in total. The molecule has 0 saturated carbocycles. The van der Waals surface area contributed by atoms with Gasteiger partial charge in [-0.25, -0.2) is 0 Å². The maximum Gasteiger partial charge on any atom is 0.0502 e. The number of hydrogen-bond donors (Lipinski definition) is 0. The van der Waals surface area contributed by atoms with E-state index in [0.29, 0.717) is 0 Å². The topological polar surface area (TPSA) is 3.24 Å². The molecular weight excluding hydrogens is 515 g/mol. The Morgan fingerprint density at radius 2 is 1.39 bits per heavy atom. The van der Waals surface area contributed by atoms with Gasteiger partial charge < -0.3 is 4.90 Å². The number of benzene rings is 4. The van der Waals surface area contributed by atoms with Crippen LogP contribution in [-0.4, -0.2) is 11.5 Å². The van der Waals surface area contributed by atoms with Crippen molar-refractivity contribution in [3.63, 3.8) is 0 Å². The van der Waals surface area contributed by atoms with Crippen molar-refractivity contribution >= 4 is 27.0 Å². The summed E-state index contributed by atoms with van der Waals surface area (Å²) in [5.74, 6) is 2.67. The predicted octanol–water partition coefficient (Wildman–Crippen LogP) is 11.0. The number of hydrogen-bond acceptors (Lipinski definition) is 1. The molecule has 1 fully saturated rings. The lowest BCUT2D eigenvalue weighted by atomic mass is 9.73. The maximum absolute atomic E-state index is 4.61. The summed E-state index contributed by atoms with van der Waals surface area (Å²) in [6.07, 6.45) is 10.6. The monoisotopic (exact) mass is 553 g/mol. The van der Waals surface area contributed by atoms with Crippen LogP contribution >= 0.6 is 10.0 Å². The first-order chi connectivity index (χ1) is 20.0. The molecule has 0 aliphatic carbocycles. The number of nitrogens with zero attached hydrogens (tertiary/aromatic N) is 1. The first-order valence-electron chi connectivity index (χ1n) is 15.0. The Balaban J connectivity index is 1.27. The van der Waals surface area contributed by atoms with Gasteiger partial charge in [0.1, 0.15) is 0 Å². The second kappa shape index (κ2) is 9.96. The van der Waals surface area contributed by atoms with Crippen LogP contribution in [0.15, 0.2) is 131 Å². The van der Waals surface area contributed by atoms with Crippen LogP contribution < -0.4 is 4.90 Å². The van der Waals surface area contributed by atoms with Crippen LogP contribution in [0, 0.1) is 0 Å². The third-order valence-corrected chi connectivity index (χ3v) is 13.7. The molecule has 3 aliphatic rings. The standard InChI is InChI=1S/C39H39NS/c1-5-14-29(30-23-24-32-31-15-6-11-20-37(31)41(38(32)27-30)25-12-13-26-41)22-21-28(2)40-35-18-9-7-16-33(35)39(3,4)34-17-8-10-19-36(34)40/h6-11,14-24,27H,2,5,12-13,25-26H2,1,3-4H3/b22-21-,29-14+. The van der Waals surface area contributed by atoms with Crippen molar-refractivity contribution in [1.29, 1.82) is 0 Å². The van der Waals surface area contributed by atoms with Gasteiger partial charge in [-0.05, 0) is 94.5 Å². The fourth-order valence-electron chi connectivity index (χ4n) is 7.38. The summed E-state index contributed by atoms with van der Waals surface area (Å²) in [4.78, 5) is 5.58. The highest BCUT2D eigenvalue weighted by molar-refractivity contribution is 8.34. The Kier molecular flexibility index (Phi) is 6.36. The van der Waals surface area contributed by atoms with E-state index in [1.807, 2.05) is 0 Å². The smallest absolute Gasteiger partial charge is 0.0502 e. The van der Waals surface area contributed by atoms with Crippen LogP contribution in [0.4, 0.5) is 11.4 Å². The minimum absolute atomic E-state index is 0.0680. The van der Waals surface area contributed by atoms with Gasteiger partial charge in [0.15, 0.2) is 0 Å². The fraction of sp³-hybridized carbons (Fsp3) is 0.231. The van der Waals surface area contributed by atoms with Crippen molar-refractivity contribution in [2.75, 3.05) is 16.4 Å². The third kappa shape index (κ3) is 3.99. The SMILES string of the molecule is C=C(/C=C\C(=C/CC)c1ccc2c(c1)S1(CCCC1)c1ccccc1-2)N1c2ccccc2C(C)(C)c2ccccc21. The molecule has 1 saturated heterocycles. The minimum atomic E-state index is -0.919. The van der Waals surface area contributed by atoms with Gasteiger partial charge in [-0.3, -0.25) is 0 Å². The molecule has 0 bridgehead atoms. The molecule has 4 aromatic rings. The van der Waals surface area contributed by atoms with E-state index >= 15 is 0 Å². The number of anilines is 2. The van der Waals surface area contributed by atoms with Gasteiger partial charge in [0.2, 0.25) is 0 Å². The number of fused-ring (bicyclic) bond motifs is 7. The van der Waals surface area contributed by atoms with E-state index in [1.165, 1.54) is 69.1 Å². The second-order valence-corrected chi connectivity index (χ2v) is 15.6. The first kappa shape index (κ1) is 26.2. The highest BCUT2D eigenvalue weighted by atomic mass is 32.3. The van der Waals surface area contributed by atoms with E-state index in [9.17, 15) is 0 Å². The second-order valence-electron chi connectivity index (χ2n) is 12.1. The molecule has 7 rings (SSSR count). The van der Waals surface area contributed by atoms with Crippen molar-refractivity contribution in [2.24, 2.45) is 0 Å². The Morgan fingerprint density at radius 3 is 2.07 bits per heavy atom. The Bertz CT molecular complexity index is 1680. The van der Waals surface area contributed by atoms with Crippen LogP contribution in [0.1, 0.15) is 56.7 Å². The van der Waals surface area contributed by atoms with E-state index < -0.39 is 10.0 Å². The predicted molar refractivity (Wildman–Crippen MR) is 179 cm³/mol. The summed E-state index contributed by atoms with van der Waals surface area (Å²) in [7, 11) is -0.919. The fourth-order valence-corrected chi connectivity index (χ4v) is 12.0. The summed E-state index contributed by atoms with van der Waals surface area (Å²) in [5.41, 5.74) is 11.6. The van der Waals surface area contributed by atoms with Crippen molar-refractivity contribution < 1.29 is 0 Å². The van der Waals surface area contributed by atoms with Crippen molar-refractivity contribution in [1.82, 2.24) is 0 Å². The summed E-state index contributed by atoms with van der Waals surface area (Å²) in [6, 6.07) is 34.1. The van der Waals surface area contributed by atoms with Gasteiger partial charge >= 0.3 is 0 Å². The van der Waals surface area contributed by atoms with Crippen LogP contribution in [0.3, 0.4) is 0 Å². The molecule has 41 heavy (non-hydrogen) atoms. The highest BCUT2D eigenvalue weighted by Gasteiger charge is 2.41. The van der Waals surface area contributed by atoms with Gasteiger partial charge in [-0.15, -0.1) is 0 Å². The Morgan fingerprint density at radius 1 is 0.780 bits per heavy atom. The largest absolute Gasteiger partial charge is 0.310 e. The van der Waals surface area contributed by atoms with Gasteiger partial charge in [-0.2, -0.15) is 10.0 Å². The quantitative estimate of drug-likeness (QED) is 0.222. The van der Waals surface area contributed by atoms with Crippen LogP contribution in [0.2, 0.25) is 0 Å². The average Bonchev–Trinajstić information content (AvgIpc) is 3.60. The maximum atomic E-state index is 4.61. The third-order valence-electron chi connectivity index (χ3n) is 9.37. The zero-order chi connectivity index (χ0) is 28.2. The molecule has 0 amide bonds. The molecule has 2 heteroatoms. The molecule has 0 aromatic heterocycles. The highest BCUT2D eigenvalue weighted by Crippen LogP contribution is 2.74. The zero-order valence-electron chi connectivity index (χ0n) is 24.5. The van der Waals surface area contributed by atoms with Gasteiger partial charge in [0.05, 0.1) is 11.4 Å². The molecule has 4 aromatic carbocycles. The van der Waals surface area contributed by atoms with Crippen LogP contribution in [-0.2, 0) is 5.41 Å². The van der Waals surface area contributed by atoms with Crippen LogP contribution in [0.25, 0.3) is 16.7 Å². The molecule has 0 radical (unpaired) electrons. The number of allylic oxidation sites excluding steroid dienone is 4. The molecule has 1 spiro atoms. The van der Waals surface area contributed by atoms with E-state index in [0.717, 1.165) is 12.1 Å². The molecule has 0 unspecified atom stereocenters. The Labute approximate surface area is 247 Å². The summed E-state index contributed by atoms with van der Waals surface area (Å²) in [6.45, 7) is 11.5. The molecule has 0 atom stereocenters. The van der Waals surface area contributed by atoms with E-state index in [-0.39, 0.29) is 5.41 Å². The molecule has 3 heterocycles. The van der Waals surface area contributed by atoms with Crippen LogP contribution in [0.5, 0.6) is 0 Å². The van der Waals surface area contributed by atoms with Crippen molar-refractivity contribution in [2.45, 2.75) is 55.2 Å². The number of rotatable bonds is 5. The normalized spacial score (nSPS) is 18.6. The molecular formula is C39H39NS. The van der Waals surface area contributed by atoms with Gasteiger partial charge in [-0.1, -0.05) is 106 Å². The summed E-state index contributed by atoms with van der Waals surface area (Å²) in [5, 5.41) is 0. The van der Waals surface area contributed by atoms with E-state index in [1.54, 1.807) is 9.79 Å². The zero-order valence-corrected chi connectivity index (χ0v) is 25.3. The summed E-state index contributed by atoms with van der Waals surface area (Å²) >= 11 is 0. The van der Waals surface area contributed by atoms with E-state index in [2.05, 4.69) is 141 Å². The number of para-hydroxylation sites is 2. The lowest BCUT2D eigenvalue weighted by molar-refractivity contribution is 0.630. The van der Waals surface area contributed by atoms with Crippen molar-refractivity contribution in [3.05, 3.63) is 138 Å². The molecule has 0 N–H and O–H groups in total. The molecule has 3 aliphatic heterocycles. The van der Waals surface area contributed by atoms with E-state index in [4.69, 9.17) is 0 Å². The minimum Gasteiger partial charge on any atom is -0.310 e. The summed E-state index contributed by atoms with van der Waals surface area (Å²) < 4.78 is 0. The van der Waals surface area contributed by atoms with Crippen molar-refractivity contribution in [3.8, 4) is 11.1 Å². The molecule has 206 valence electrons.